The zero-order valence-corrected chi connectivity index (χ0v) is 13.5. The summed E-state index contributed by atoms with van der Waals surface area (Å²) in [5, 5.41) is 10.7. The normalized spacial score (nSPS) is 17.8. The van der Waals surface area contributed by atoms with E-state index in [-0.39, 0.29) is 17.6 Å². The van der Waals surface area contributed by atoms with Crippen LogP contribution in [0.1, 0.15) is 24.6 Å². The van der Waals surface area contributed by atoms with E-state index in [1.165, 1.54) is 12.1 Å². The van der Waals surface area contributed by atoms with E-state index in [0.29, 0.717) is 12.2 Å². The Morgan fingerprint density at radius 2 is 2.12 bits per heavy atom. The molecule has 1 saturated heterocycles. The summed E-state index contributed by atoms with van der Waals surface area (Å²) in [5.74, 6) is -0.0256. The SMILES string of the molecule is CN(C(=O)CN1CCC[C@H]1c1ccc[nH]1)c1ccc([N+](=O)[O-])cc1. The van der Waals surface area contributed by atoms with Crippen LogP contribution >= 0.6 is 0 Å². The molecule has 1 fully saturated rings. The van der Waals surface area contributed by atoms with E-state index in [1.807, 2.05) is 18.3 Å². The van der Waals surface area contributed by atoms with E-state index >= 15 is 0 Å². The minimum atomic E-state index is -0.448. The number of aromatic amines is 1. The van der Waals surface area contributed by atoms with Crippen molar-refractivity contribution in [3.63, 3.8) is 0 Å². The number of benzene rings is 1. The van der Waals surface area contributed by atoms with Gasteiger partial charge in [-0.05, 0) is 43.7 Å². The number of anilines is 1. The van der Waals surface area contributed by atoms with Crippen LogP contribution in [0, 0.1) is 10.1 Å². The zero-order valence-electron chi connectivity index (χ0n) is 13.5. The van der Waals surface area contributed by atoms with Crippen molar-refractivity contribution in [2.45, 2.75) is 18.9 Å². The number of likely N-dealkylation sites (tertiary alicyclic amines) is 1. The number of hydrogen-bond donors (Lipinski definition) is 1. The number of nitrogens with one attached hydrogen (secondary N) is 1. The molecule has 2 heterocycles. The fourth-order valence-electron chi connectivity index (χ4n) is 3.14. The fourth-order valence-corrected chi connectivity index (χ4v) is 3.14. The van der Waals surface area contributed by atoms with E-state index in [9.17, 15) is 14.9 Å². The summed E-state index contributed by atoms with van der Waals surface area (Å²) in [4.78, 5) is 29.8. The topological polar surface area (TPSA) is 82.5 Å². The summed E-state index contributed by atoms with van der Waals surface area (Å²) in [6, 6.07) is 10.3. The molecule has 1 amide bonds. The minimum absolute atomic E-state index is 0.0194. The molecular weight excluding hydrogens is 308 g/mol. The van der Waals surface area contributed by atoms with Gasteiger partial charge in [-0.25, -0.2) is 0 Å². The second-order valence-corrected chi connectivity index (χ2v) is 5.98. The summed E-state index contributed by atoms with van der Waals surface area (Å²) in [5.41, 5.74) is 1.81. The smallest absolute Gasteiger partial charge is 0.269 e. The number of rotatable bonds is 5. The van der Waals surface area contributed by atoms with Gasteiger partial charge in [0, 0.05) is 36.8 Å². The van der Waals surface area contributed by atoms with Gasteiger partial charge in [0.15, 0.2) is 0 Å². The lowest BCUT2D eigenvalue weighted by Gasteiger charge is -2.26. The first-order valence-electron chi connectivity index (χ1n) is 7.94. The lowest BCUT2D eigenvalue weighted by molar-refractivity contribution is -0.384. The summed E-state index contributed by atoms with van der Waals surface area (Å²) < 4.78 is 0. The summed E-state index contributed by atoms with van der Waals surface area (Å²) >= 11 is 0. The van der Waals surface area contributed by atoms with Crippen molar-refractivity contribution in [2.24, 2.45) is 0 Å². The van der Waals surface area contributed by atoms with Crippen LogP contribution in [0.2, 0.25) is 0 Å². The van der Waals surface area contributed by atoms with Gasteiger partial charge in [0.25, 0.3) is 5.69 Å². The van der Waals surface area contributed by atoms with Crippen LogP contribution in [-0.4, -0.2) is 40.9 Å². The number of nitro groups is 1. The van der Waals surface area contributed by atoms with Crippen molar-refractivity contribution in [3.05, 3.63) is 58.4 Å². The molecule has 3 rings (SSSR count). The van der Waals surface area contributed by atoms with E-state index in [0.717, 1.165) is 25.1 Å². The maximum Gasteiger partial charge on any atom is 0.269 e. The molecule has 24 heavy (non-hydrogen) atoms. The van der Waals surface area contributed by atoms with Crippen molar-refractivity contribution in [1.82, 2.24) is 9.88 Å². The van der Waals surface area contributed by atoms with Gasteiger partial charge >= 0.3 is 0 Å². The maximum atomic E-state index is 12.6. The molecule has 7 heteroatoms. The number of non-ortho nitro benzene ring substituents is 1. The van der Waals surface area contributed by atoms with Crippen LogP contribution in [0.15, 0.2) is 42.6 Å². The van der Waals surface area contributed by atoms with Crippen LogP contribution in [0.5, 0.6) is 0 Å². The summed E-state index contributed by atoms with van der Waals surface area (Å²) in [6.07, 6.45) is 4.00. The highest BCUT2D eigenvalue weighted by Crippen LogP contribution is 2.30. The molecule has 0 radical (unpaired) electrons. The van der Waals surface area contributed by atoms with Gasteiger partial charge in [-0.15, -0.1) is 0 Å². The molecule has 1 aliphatic heterocycles. The Morgan fingerprint density at radius 1 is 1.38 bits per heavy atom. The van der Waals surface area contributed by atoms with Crippen LogP contribution in [0.4, 0.5) is 11.4 Å². The van der Waals surface area contributed by atoms with Crippen molar-refractivity contribution in [1.29, 1.82) is 0 Å². The van der Waals surface area contributed by atoms with E-state index in [2.05, 4.69) is 9.88 Å². The summed E-state index contributed by atoms with van der Waals surface area (Å²) in [6.45, 7) is 1.22. The van der Waals surface area contributed by atoms with Crippen molar-refractivity contribution < 1.29 is 9.72 Å². The molecule has 0 unspecified atom stereocenters. The van der Waals surface area contributed by atoms with Crippen molar-refractivity contribution in [3.8, 4) is 0 Å². The number of carbonyl (C=O) groups is 1. The van der Waals surface area contributed by atoms with Crippen molar-refractivity contribution >= 4 is 17.3 Å². The molecule has 1 aromatic carbocycles. The average molecular weight is 328 g/mol. The van der Waals surface area contributed by atoms with Gasteiger partial charge in [0.1, 0.15) is 0 Å². The third-order valence-corrected chi connectivity index (χ3v) is 4.50. The molecule has 1 aromatic heterocycles. The third-order valence-electron chi connectivity index (χ3n) is 4.50. The number of nitrogens with zero attached hydrogens (tertiary/aromatic N) is 3. The van der Waals surface area contributed by atoms with Gasteiger partial charge in [-0.2, -0.15) is 0 Å². The van der Waals surface area contributed by atoms with Crippen LogP contribution in [0.3, 0.4) is 0 Å². The fraction of sp³-hybridized carbons (Fsp3) is 0.353. The number of amides is 1. The Hall–Kier alpha value is -2.67. The highest BCUT2D eigenvalue weighted by molar-refractivity contribution is 5.94. The molecule has 0 bridgehead atoms. The molecule has 1 atom stereocenters. The molecule has 0 saturated carbocycles. The Labute approximate surface area is 140 Å². The number of H-pyrrole nitrogens is 1. The quantitative estimate of drug-likeness (QED) is 0.676. The lowest BCUT2D eigenvalue weighted by atomic mass is 10.1. The van der Waals surface area contributed by atoms with E-state index < -0.39 is 4.92 Å². The molecule has 126 valence electrons. The second kappa shape index (κ2) is 6.84. The monoisotopic (exact) mass is 328 g/mol. The van der Waals surface area contributed by atoms with Gasteiger partial charge in [-0.1, -0.05) is 0 Å². The van der Waals surface area contributed by atoms with Crippen LogP contribution in [0.25, 0.3) is 0 Å². The van der Waals surface area contributed by atoms with Gasteiger partial charge in [0.2, 0.25) is 5.91 Å². The molecule has 0 aliphatic carbocycles. The first kappa shape index (κ1) is 16.2. The van der Waals surface area contributed by atoms with Gasteiger partial charge in [-0.3, -0.25) is 19.8 Å². The van der Waals surface area contributed by atoms with E-state index in [4.69, 9.17) is 0 Å². The van der Waals surface area contributed by atoms with E-state index in [1.54, 1.807) is 24.1 Å². The second-order valence-electron chi connectivity index (χ2n) is 5.98. The Bertz CT molecular complexity index is 712. The number of aromatic nitrogens is 1. The zero-order chi connectivity index (χ0) is 17.1. The number of likely N-dealkylation sites (N-methyl/N-ethyl adjacent to an activating group) is 1. The maximum absolute atomic E-state index is 12.6. The first-order chi connectivity index (χ1) is 11.6. The molecule has 0 spiro atoms. The number of carbonyl (C=O) groups excluding carboxylic acids is 1. The predicted molar refractivity (Wildman–Crippen MR) is 90.8 cm³/mol. The molecule has 1 aliphatic rings. The highest BCUT2D eigenvalue weighted by atomic mass is 16.6. The van der Waals surface area contributed by atoms with Crippen LogP contribution in [-0.2, 0) is 4.79 Å². The Balaban J connectivity index is 1.66. The number of hydrogen-bond acceptors (Lipinski definition) is 4. The lowest BCUT2D eigenvalue weighted by Crippen LogP contribution is -2.38. The molecular formula is C17H20N4O3. The molecule has 1 N–H and O–H groups in total. The average Bonchev–Trinajstić information content (AvgIpc) is 3.25. The predicted octanol–water partition coefficient (Wildman–Crippen LogP) is 2.72. The number of nitro benzene ring substituents is 1. The van der Waals surface area contributed by atoms with Gasteiger partial charge < -0.3 is 9.88 Å². The largest absolute Gasteiger partial charge is 0.364 e. The summed E-state index contributed by atoms with van der Waals surface area (Å²) in [7, 11) is 1.70. The highest BCUT2D eigenvalue weighted by Gasteiger charge is 2.29. The molecule has 7 nitrogen and oxygen atoms in total. The van der Waals surface area contributed by atoms with Gasteiger partial charge in [0.05, 0.1) is 17.5 Å². The van der Waals surface area contributed by atoms with Crippen molar-refractivity contribution in [2.75, 3.05) is 25.0 Å². The first-order valence-corrected chi connectivity index (χ1v) is 7.94. The molecule has 2 aromatic rings. The minimum Gasteiger partial charge on any atom is -0.364 e. The Kier molecular flexibility index (Phi) is 4.61. The standard InChI is InChI=1S/C17H20N4O3/c1-19(13-6-8-14(9-7-13)21(23)24)17(22)12-20-11-3-5-16(20)15-4-2-10-18-15/h2,4,6-10,16,18H,3,5,11-12H2,1H3/t16-/m0/s1. The Morgan fingerprint density at radius 3 is 2.75 bits per heavy atom. The third kappa shape index (κ3) is 3.30. The van der Waals surface area contributed by atoms with Crippen LogP contribution < -0.4 is 4.90 Å².